The molecule has 0 amide bonds. The lowest BCUT2D eigenvalue weighted by Gasteiger charge is -2.13. The molecule has 0 fully saturated rings. The first-order chi connectivity index (χ1) is 6.57. The summed E-state index contributed by atoms with van der Waals surface area (Å²) in [6, 6.07) is 5.34. The molecular formula is C9H9NO4. The van der Waals surface area contributed by atoms with Crippen molar-refractivity contribution < 1.29 is 20.4 Å². The minimum Gasteiger partial charge on any atom is -0.504 e. The molecule has 4 N–H and O–H groups in total. The molecule has 0 saturated heterocycles. The molecule has 0 heterocycles. The number of nitrogens with zero attached hydrogens (tertiary/aromatic N) is 1. The Kier molecular flexibility index (Phi) is 2.92. The Morgan fingerprint density at radius 3 is 2.43 bits per heavy atom. The van der Waals surface area contributed by atoms with Gasteiger partial charge in [0, 0.05) is 5.56 Å². The SMILES string of the molecule is N#CC(O)C(O)c1cccc(O)c1O. The highest BCUT2D eigenvalue weighted by molar-refractivity contribution is 5.45. The summed E-state index contributed by atoms with van der Waals surface area (Å²) in [7, 11) is 0. The van der Waals surface area contributed by atoms with E-state index in [1.54, 1.807) is 0 Å². The van der Waals surface area contributed by atoms with Crippen LogP contribution in [0.1, 0.15) is 11.7 Å². The van der Waals surface area contributed by atoms with E-state index in [0.717, 1.165) is 0 Å². The van der Waals surface area contributed by atoms with Gasteiger partial charge in [0.2, 0.25) is 0 Å². The number of benzene rings is 1. The second-order valence-electron chi connectivity index (χ2n) is 2.73. The fraction of sp³-hybridized carbons (Fsp3) is 0.222. The van der Waals surface area contributed by atoms with Crippen LogP contribution in [0.15, 0.2) is 18.2 Å². The number of hydrogen-bond donors (Lipinski definition) is 4. The first kappa shape index (κ1) is 10.3. The van der Waals surface area contributed by atoms with Crippen molar-refractivity contribution >= 4 is 0 Å². The normalized spacial score (nSPS) is 14.4. The quantitative estimate of drug-likeness (QED) is 0.393. The summed E-state index contributed by atoms with van der Waals surface area (Å²) in [5.74, 6) is -0.944. The number of phenolic OH excluding ortho intramolecular Hbond substituents is 2. The molecule has 74 valence electrons. The van der Waals surface area contributed by atoms with E-state index in [1.807, 2.05) is 0 Å². The van der Waals surface area contributed by atoms with Gasteiger partial charge in [-0.25, -0.2) is 0 Å². The summed E-state index contributed by atoms with van der Waals surface area (Å²) < 4.78 is 0. The predicted octanol–water partition coefficient (Wildman–Crippen LogP) is 0.0157. The summed E-state index contributed by atoms with van der Waals surface area (Å²) in [6.45, 7) is 0. The van der Waals surface area contributed by atoms with Crippen molar-refractivity contribution in [2.24, 2.45) is 0 Å². The van der Waals surface area contributed by atoms with Gasteiger partial charge in [-0.15, -0.1) is 0 Å². The van der Waals surface area contributed by atoms with Crippen molar-refractivity contribution in [3.8, 4) is 17.6 Å². The van der Waals surface area contributed by atoms with Gasteiger partial charge in [0.1, 0.15) is 6.10 Å². The monoisotopic (exact) mass is 195 g/mol. The molecule has 0 spiro atoms. The van der Waals surface area contributed by atoms with Crippen LogP contribution in [-0.2, 0) is 0 Å². The van der Waals surface area contributed by atoms with Gasteiger partial charge in [-0.05, 0) is 6.07 Å². The standard InChI is InChI=1S/C9H9NO4/c10-4-7(12)9(14)5-2-1-3-6(11)8(5)13/h1-3,7,9,11-14H. The highest BCUT2D eigenvalue weighted by Gasteiger charge is 2.21. The highest BCUT2D eigenvalue weighted by Crippen LogP contribution is 2.33. The first-order valence-corrected chi connectivity index (χ1v) is 3.84. The van der Waals surface area contributed by atoms with E-state index in [0.29, 0.717) is 0 Å². The average molecular weight is 195 g/mol. The molecule has 0 radical (unpaired) electrons. The number of para-hydroxylation sites is 1. The van der Waals surface area contributed by atoms with Crippen LogP contribution in [0.5, 0.6) is 11.5 Å². The van der Waals surface area contributed by atoms with E-state index >= 15 is 0 Å². The van der Waals surface area contributed by atoms with E-state index in [1.165, 1.54) is 24.3 Å². The van der Waals surface area contributed by atoms with Crippen LogP contribution in [-0.4, -0.2) is 26.5 Å². The average Bonchev–Trinajstić information content (AvgIpc) is 2.20. The molecule has 1 aromatic carbocycles. The van der Waals surface area contributed by atoms with Crippen LogP contribution in [0, 0.1) is 11.3 Å². The van der Waals surface area contributed by atoms with Crippen LogP contribution >= 0.6 is 0 Å². The molecule has 0 aliphatic rings. The smallest absolute Gasteiger partial charge is 0.170 e. The fourth-order valence-electron chi connectivity index (χ4n) is 1.03. The van der Waals surface area contributed by atoms with Crippen molar-refractivity contribution in [2.75, 3.05) is 0 Å². The Morgan fingerprint density at radius 2 is 1.86 bits per heavy atom. The van der Waals surface area contributed by atoms with Crippen LogP contribution in [0.25, 0.3) is 0 Å². The van der Waals surface area contributed by atoms with E-state index in [4.69, 9.17) is 15.5 Å². The summed E-state index contributed by atoms with van der Waals surface area (Å²) in [6.07, 6.45) is -3.17. The number of rotatable bonds is 2. The van der Waals surface area contributed by atoms with Gasteiger partial charge in [0.05, 0.1) is 6.07 Å². The van der Waals surface area contributed by atoms with Gasteiger partial charge >= 0.3 is 0 Å². The number of nitriles is 1. The van der Waals surface area contributed by atoms with E-state index in [2.05, 4.69) is 0 Å². The molecule has 0 bridgehead atoms. The Balaban J connectivity index is 3.08. The maximum atomic E-state index is 9.35. The van der Waals surface area contributed by atoms with Crippen LogP contribution < -0.4 is 0 Å². The molecule has 2 atom stereocenters. The lowest BCUT2D eigenvalue weighted by molar-refractivity contribution is 0.0509. The maximum absolute atomic E-state index is 9.35. The molecule has 0 saturated carbocycles. The van der Waals surface area contributed by atoms with Crippen LogP contribution in [0.4, 0.5) is 0 Å². The second-order valence-corrected chi connectivity index (χ2v) is 2.73. The molecule has 0 aliphatic heterocycles. The number of aromatic hydroxyl groups is 2. The topological polar surface area (TPSA) is 105 Å². The predicted molar refractivity (Wildman–Crippen MR) is 46.4 cm³/mol. The molecule has 5 heteroatoms. The van der Waals surface area contributed by atoms with Gasteiger partial charge in [-0.2, -0.15) is 5.26 Å². The largest absolute Gasteiger partial charge is 0.504 e. The molecular weight excluding hydrogens is 186 g/mol. The van der Waals surface area contributed by atoms with Gasteiger partial charge < -0.3 is 20.4 Å². The minimum absolute atomic E-state index is 0.0842. The third-order valence-electron chi connectivity index (χ3n) is 1.80. The summed E-state index contributed by atoms with van der Waals surface area (Å²) in [5, 5.41) is 45.0. The second kappa shape index (κ2) is 3.96. The summed E-state index contributed by atoms with van der Waals surface area (Å²) in [4.78, 5) is 0. The molecule has 14 heavy (non-hydrogen) atoms. The van der Waals surface area contributed by atoms with E-state index in [-0.39, 0.29) is 5.56 Å². The van der Waals surface area contributed by atoms with Gasteiger partial charge in [0.25, 0.3) is 0 Å². The fourth-order valence-corrected chi connectivity index (χ4v) is 1.03. The Hall–Kier alpha value is -1.77. The Morgan fingerprint density at radius 1 is 1.21 bits per heavy atom. The molecule has 1 rings (SSSR count). The maximum Gasteiger partial charge on any atom is 0.170 e. The molecule has 2 unspecified atom stereocenters. The Bertz CT molecular complexity index is 372. The Labute approximate surface area is 80.1 Å². The zero-order valence-corrected chi connectivity index (χ0v) is 7.12. The van der Waals surface area contributed by atoms with Crippen molar-refractivity contribution in [2.45, 2.75) is 12.2 Å². The lowest BCUT2D eigenvalue weighted by Crippen LogP contribution is -2.15. The number of aliphatic hydroxyl groups is 2. The molecule has 0 aromatic heterocycles. The third-order valence-corrected chi connectivity index (χ3v) is 1.80. The van der Waals surface area contributed by atoms with E-state index < -0.39 is 23.7 Å². The number of aliphatic hydroxyl groups excluding tert-OH is 2. The minimum atomic E-state index is -1.64. The van der Waals surface area contributed by atoms with Crippen molar-refractivity contribution in [3.05, 3.63) is 23.8 Å². The summed E-state index contributed by atoms with van der Waals surface area (Å²) in [5.41, 5.74) is -0.0842. The lowest BCUT2D eigenvalue weighted by atomic mass is 10.0. The van der Waals surface area contributed by atoms with E-state index in [9.17, 15) is 10.2 Å². The molecule has 5 nitrogen and oxygen atoms in total. The summed E-state index contributed by atoms with van der Waals surface area (Å²) >= 11 is 0. The van der Waals surface area contributed by atoms with Crippen molar-refractivity contribution in [1.82, 2.24) is 0 Å². The zero-order chi connectivity index (χ0) is 10.7. The van der Waals surface area contributed by atoms with Crippen molar-refractivity contribution in [1.29, 1.82) is 5.26 Å². The van der Waals surface area contributed by atoms with Gasteiger partial charge in [-0.3, -0.25) is 0 Å². The number of hydrogen-bond acceptors (Lipinski definition) is 5. The highest BCUT2D eigenvalue weighted by atomic mass is 16.3. The first-order valence-electron chi connectivity index (χ1n) is 3.84. The molecule has 1 aromatic rings. The third kappa shape index (κ3) is 1.76. The number of phenols is 2. The van der Waals surface area contributed by atoms with Gasteiger partial charge in [0.15, 0.2) is 17.6 Å². The van der Waals surface area contributed by atoms with Crippen LogP contribution in [0.2, 0.25) is 0 Å². The van der Waals surface area contributed by atoms with Crippen LogP contribution in [0.3, 0.4) is 0 Å². The molecule has 0 aliphatic carbocycles. The van der Waals surface area contributed by atoms with Gasteiger partial charge in [-0.1, -0.05) is 12.1 Å². The van der Waals surface area contributed by atoms with Crippen molar-refractivity contribution in [3.63, 3.8) is 0 Å². The zero-order valence-electron chi connectivity index (χ0n) is 7.12.